The van der Waals surface area contributed by atoms with E-state index in [2.05, 4.69) is 10.2 Å². The molecule has 2 aliphatic heterocycles. The second-order valence-electron chi connectivity index (χ2n) is 10.4. The quantitative estimate of drug-likeness (QED) is 0.376. The first kappa shape index (κ1) is 29.6. The number of amides is 1. The molecule has 0 radical (unpaired) electrons. The molecule has 5 rings (SSSR count). The number of aliphatic hydroxyl groups is 2. The van der Waals surface area contributed by atoms with Gasteiger partial charge < -0.3 is 39.7 Å². The summed E-state index contributed by atoms with van der Waals surface area (Å²) in [5, 5.41) is 31.1. The standard InChI is InChI=1S/C24H30N2O7.C2HF3O2/c1-12(25-21(28)13(2)27)22(29)32-16-7-8-24(30)17-11-14-5-6-15(31-4)19-18(14)23(24,20(16)33-19)9-10-26(17)3;3-2(4,5)1(6)7/h5-7,12-13,17,20,27,30H,8-11H2,1-4H3,(H,25,28);(H,6,7)/t12?,13?,17-,20+,23+,24-;/m1./s1. The summed E-state index contributed by atoms with van der Waals surface area (Å²) in [6.07, 6.45) is -3.63. The SMILES string of the molecule is COc1ccc2c3c1O[C@H]1C(OC(=O)C(C)NC(=O)C(C)O)=CC[C@@]4(O)[C@@H](C2)N(C)CC[C@]314.O=C(O)C(F)(F)F. The highest BCUT2D eigenvalue weighted by atomic mass is 19.4. The van der Waals surface area contributed by atoms with E-state index in [4.69, 9.17) is 24.1 Å². The van der Waals surface area contributed by atoms with Crippen molar-refractivity contribution in [2.75, 3.05) is 20.7 Å². The number of carbonyl (C=O) groups is 3. The Hall–Kier alpha value is -3.36. The van der Waals surface area contributed by atoms with Gasteiger partial charge in [-0.15, -0.1) is 0 Å². The van der Waals surface area contributed by atoms with E-state index in [-0.39, 0.29) is 6.04 Å². The van der Waals surface area contributed by atoms with Gasteiger partial charge in [0.2, 0.25) is 5.91 Å². The number of likely N-dealkylation sites (tertiary alicyclic amines) is 1. The van der Waals surface area contributed by atoms with E-state index < -0.39 is 53.3 Å². The van der Waals surface area contributed by atoms with Gasteiger partial charge in [-0.1, -0.05) is 6.07 Å². The van der Waals surface area contributed by atoms with Gasteiger partial charge in [-0.2, -0.15) is 13.2 Å². The van der Waals surface area contributed by atoms with Crippen LogP contribution in [0.25, 0.3) is 0 Å². The molecule has 2 bridgehead atoms. The minimum Gasteiger partial charge on any atom is -0.493 e. The molecule has 6 atom stereocenters. The number of piperidine rings is 1. The maximum absolute atomic E-state index is 12.8. The fourth-order valence-electron chi connectivity index (χ4n) is 6.19. The Kier molecular flexibility index (Phi) is 7.58. The van der Waals surface area contributed by atoms with E-state index in [0.717, 1.165) is 17.7 Å². The van der Waals surface area contributed by atoms with Gasteiger partial charge in [0.25, 0.3) is 0 Å². The number of hydrogen-bond acceptors (Lipinski definition) is 9. The number of esters is 1. The summed E-state index contributed by atoms with van der Waals surface area (Å²) in [7, 11) is 3.61. The molecule has 1 saturated heterocycles. The molecule has 220 valence electrons. The van der Waals surface area contributed by atoms with Crippen LogP contribution >= 0.6 is 0 Å². The summed E-state index contributed by atoms with van der Waals surface area (Å²) in [6.45, 7) is 3.59. The molecule has 2 unspecified atom stereocenters. The number of hydrogen-bond donors (Lipinski definition) is 4. The van der Waals surface area contributed by atoms with Gasteiger partial charge in [0, 0.05) is 18.0 Å². The summed E-state index contributed by atoms with van der Waals surface area (Å²) in [5.74, 6) is -2.57. The van der Waals surface area contributed by atoms with E-state index in [1.54, 1.807) is 13.2 Å². The number of likely N-dealkylation sites (N-methyl/N-ethyl adjacent to an activating group) is 1. The minimum atomic E-state index is -5.08. The van der Waals surface area contributed by atoms with Gasteiger partial charge in [0.1, 0.15) is 17.9 Å². The van der Waals surface area contributed by atoms with Crippen molar-refractivity contribution in [3.63, 3.8) is 0 Å². The lowest BCUT2D eigenvalue weighted by molar-refractivity contribution is -0.192. The third-order valence-electron chi connectivity index (χ3n) is 8.11. The largest absolute Gasteiger partial charge is 0.493 e. The van der Waals surface area contributed by atoms with Crippen LogP contribution in [0, 0.1) is 0 Å². The van der Waals surface area contributed by atoms with E-state index in [1.807, 2.05) is 19.2 Å². The molecule has 1 aromatic rings. The van der Waals surface area contributed by atoms with Crippen molar-refractivity contribution < 1.29 is 57.1 Å². The molecule has 14 heteroatoms. The average Bonchev–Trinajstić information content (AvgIpc) is 3.23. The summed E-state index contributed by atoms with van der Waals surface area (Å²) >= 11 is 0. The monoisotopic (exact) mass is 572 g/mol. The molecule has 2 aliphatic carbocycles. The zero-order chi connectivity index (χ0) is 29.8. The maximum Gasteiger partial charge on any atom is 0.490 e. The number of ether oxygens (including phenoxy) is 3. The molecular formula is C26H31F3N2O9. The van der Waals surface area contributed by atoms with Crippen LogP contribution in [-0.4, -0.2) is 94.8 Å². The summed E-state index contributed by atoms with van der Waals surface area (Å²) in [5.41, 5.74) is 0.214. The number of carboxylic acid groups (broad SMARTS) is 1. The fraction of sp³-hybridized carbons (Fsp3) is 0.577. The lowest BCUT2D eigenvalue weighted by atomic mass is 9.50. The topological polar surface area (TPSA) is 155 Å². The number of halogens is 3. The molecule has 0 saturated carbocycles. The second kappa shape index (κ2) is 10.2. The highest BCUT2D eigenvalue weighted by Gasteiger charge is 2.72. The van der Waals surface area contributed by atoms with Crippen LogP contribution < -0.4 is 14.8 Å². The van der Waals surface area contributed by atoms with Crippen LogP contribution in [0.5, 0.6) is 11.5 Å². The zero-order valence-electron chi connectivity index (χ0n) is 22.2. The van der Waals surface area contributed by atoms with Gasteiger partial charge in [0.15, 0.2) is 17.6 Å². The molecular weight excluding hydrogens is 541 g/mol. The number of nitrogens with one attached hydrogen (secondary N) is 1. The van der Waals surface area contributed by atoms with Crippen LogP contribution in [0.3, 0.4) is 0 Å². The van der Waals surface area contributed by atoms with Crippen LogP contribution in [-0.2, 0) is 31.0 Å². The lowest BCUT2D eigenvalue weighted by Crippen LogP contribution is -2.74. The Labute approximate surface area is 227 Å². The zero-order valence-corrected chi connectivity index (χ0v) is 22.2. The van der Waals surface area contributed by atoms with E-state index in [1.165, 1.54) is 13.8 Å². The Balaban J connectivity index is 0.000000470. The van der Waals surface area contributed by atoms with Gasteiger partial charge in [-0.3, -0.25) is 4.79 Å². The predicted molar refractivity (Wildman–Crippen MR) is 131 cm³/mol. The van der Waals surface area contributed by atoms with Crippen LogP contribution in [0.15, 0.2) is 24.0 Å². The number of carboxylic acids is 1. The Morgan fingerprint density at radius 1 is 1.25 bits per heavy atom. The normalized spacial score (nSPS) is 29.4. The van der Waals surface area contributed by atoms with Crippen molar-refractivity contribution in [3.05, 3.63) is 35.1 Å². The van der Waals surface area contributed by atoms with Gasteiger partial charge in [-0.25, -0.2) is 9.59 Å². The van der Waals surface area contributed by atoms with Crippen LogP contribution in [0.1, 0.15) is 37.8 Å². The first-order valence-electron chi connectivity index (χ1n) is 12.6. The fourth-order valence-corrected chi connectivity index (χ4v) is 6.19. The number of aliphatic hydroxyl groups excluding tert-OH is 1. The predicted octanol–water partition coefficient (Wildman–Crippen LogP) is 1.03. The first-order chi connectivity index (χ1) is 18.6. The number of rotatable bonds is 5. The van der Waals surface area contributed by atoms with Crippen molar-refractivity contribution >= 4 is 17.8 Å². The smallest absolute Gasteiger partial charge is 0.490 e. The van der Waals surface area contributed by atoms with Crippen molar-refractivity contribution in [1.82, 2.24) is 10.2 Å². The third kappa shape index (κ3) is 4.57. The summed E-state index contributed by atoms with van der Waals surface area (Å²) < 4.78 is 49.5. The second-order valence-corrected chi connectivity index (χ2v) is 10.4. The van der Waals surface area contributed by atoms with Gasteiger partial charge >= 0.3 is 18.1 Å². The van der Waals surface area contributed by atoms with Crippen LogP contribution in [0.2, 0.25) is 0 Å². The molecule has 1 aromatic carbocycles. The number of methoxy groups -OCH3 is 1. The molecule has 4 N–H and O–H groups in total. The molecule has 11 nitrogen and oxygen atoms in total. The van der Waals surface area contributed by atoms with Crippen molar-refractivity contribution in [2.45, 2.75) is 74.6 Å². The van der Waals surface area contributed by atoms with Gasteiger partial charge in [0.05, 0.1) is 18.1 Å². The minimum absolute atomic E-state index is 0.0954. The van der Waals surface area contributed by atoms with Crippen molar-refractivity contribution in [2.24, 2.45) is 0 Å². The number of nitrogens with zero attached hydrogens (tertiary/aromatic N) is 1. The number of benzene rings is 1. The highest BCUT2D eigenvalue weighted by Crippen LogP contribution is 2.65. The lowest BCUT2D eigenvalue weighted by Gasteiger charge is -2.61. The molecule has 4 aliphatic rings. The van der Waals surface area contributed by atoms with Crippen molar-refractivity contribution in [1.29, 1.82) is 0 Å². The summed E-state index contributed by atoms with van der Waals surface area (Å²) in [6, 6.07) is 2.86. The summed E-state index contributed by atoms with van der Waals surface area (Å²) in [4.78, 5) is 35.7. The Morgan fingerprint density at radius 2 is 1.90 bits per heavy atom. The molecule has 40 heavy (non-hydrogen) atoms. The Morgan fingerprint density at radius 3 is 2.48 bits per heavy atom. The van der Waals surface area contributed by atoms with E-state index in [9.17, 15) is 33.0 Å². The highest BCUT2D eigenvalue weighted by molar-refractivity contribution is 5.86. The number of carbonyl (C=O) groups excluding carboxylic acids is 2. The average molecular weight is 573 g/mol. The number of aliphatic carboxylic acids is 1. The van der Waals surface area contributed by atoms with E-state index in [0.29, 0.717) is 36.5 Å². The van der Waals surface area contributed by atoms with Crippen LogP contribution in [0.4, 0.5) is 13.2 Å². The number of alkyl halides is 3. The third-order valence-corrected chi connectivity index (χ3v) is 8.11. The maximum atomic E-state index is 12.8. The molecule has 2 heterocycles. The van der Waals surface area contributed by atoms with E-state index >= 15 is 0 Å². The van der Waals surface area contributed by atoms with Gasteiger partial charge in [-0.05, 0) is 58.0 Å². The molecule has 1 fully saturated rings. The van der Waals surface area contributed by atoms with Crippen molar-refractivity contribution in [3.8, 4) is 11.5 Å². The molecule has 1 spiro atoms. The first-order valence-corrected chi connectivity index (χ1v) is 12.6. The molecule has 1 amide bonds. The molecule has 0 aromatic heterocycles. The Bertz CT molecular complexity index is 1250.